The molecule has 2 heteroatoms. The van der Waals surface area contributed by atoms with Crippen LogP contribution >= 0.6 is 0 Å². The Morgan fingerprint density at radius 1 is 0.370 bits per heavy atom. The molecule has 46 heavy (non-hydrogen) atoms. The van der Waals surface area contributed by atoms with E-state index in [1.165, 1.54) is 77.9 Å². The van der Waals surface area contributed by atoms with E-state index in [-0.39, 0.29) is 0 Å². The first-order valence-electron chi connectivity index (χ1n) is 16.4. The molecular weight excluding hydrogens is 556 g/mol. The molecule has 0 radical (unpaired) electrons. The molecule has 2 aliphatic carbocycles. The second kappa shape index (κ2) is 9.95. The molecule has 0 amide bonds. The summed E-state index contributed by atoms with van der Waals surface area (Å²) in [5.74, 6) is 0.666. The van der Waals surface area contributed by atoms with Gasteiger partial charge in [0.15, 0.2) is 0 Å². The van der Waals surface area contributed by atoms with E-state index in [1.807, 2.05) is 0 Å². The largest absolute Gasteiger partial charge is 0.309 e. The van der Waals surface area contributed by atoms with Gasteiger partial charge in [-0.25, -0.2) is 0 Å². The van der Waals surface area contributed by atoms with Crippen molar-refractivity contribution in [3.8, 4) is 33.9 Å². The van der Waals surface area contributed by atoms with Gasteiger partial charge in [-0.15, -0.1) is 0 Å². The second-order valence-corrected chi connectivity index (χ2v) is 12.8. The SMILES string of the molecule is c1ccc(-n2c3c(c4ccccc42)C(CCC2c4ccccc4-c4c2c2ccccc2n4-c2ccccc2)c2ccccc2-3)cc1. The molecule has 0 saturated carbocycles. The molecule has 0 fully saturated rings. The summed E-state index contributed by atoms with van der Waals surface area (Å²) in [5.41, 5.74) is 16.4. The van der Waals surface area contributed by atoms with Gasteiger partial charge in [-0.1, -0.05) is 121 Å². The summed E-state index contributed by atoms with van der Waals surface area (Å²) in [6, 6.07) is 58.1. The van der Waals surface area contributed by atoms with Crippen molar-refractivity contribution in [2.75, 3.05) is 0 Å². The summed E-state index contributed by atoms with van der Waals surface area (Å²) < 4.78 is 5.00. The second-order valence-electron chi connectivity index (χ2n) is 12.8. The molecular formula is C44H32N2. The van der Waals surface area contributed by atoms with Crippen molar-refractivity contribution in [2.45, 2.75) is 24.7 Å². The topological polar surface area (TPSA) is 9.86 Å². The van der Waals surface area contributed by atoms with E-state index in [2.05, 4.69) is 167 Å². The van der Waals surface area contributed by atoms with Crippen LogP contribution in [0.3, 0.4) is 0 Å². The molecule has 10 rings (SSSR count). The van der Waals surface area contributed by atoms with Crippen LogP contribution in [0, 0.1) is 0 Å². The van der Waals surface area contributed by atoms with Crippen LogP contribution in [0.2, 0.25) is 0 Å². The fourth-order valence-electron chi connectivity index (χ4n) is 8.73. The number of benzene rings is 6. The van der Waals surface area contributed by atoms with Gasteiger partial charge in [-0.3, -0.25) is 0 Å². The van der Waals surface area contributed by atoms with E-state index in [0.29, 0.717) is 11.8 Å². The first kappa shape index (κ1) is 25.7. The third-order valence-corrected chi connectivity index (χ3v) is 10.5. The summed E-state index contributed by atoms with van der Waals surface area (Å²) in [5, 5.41) is 2.74. The Hall–Kier alpha value is -5.60. The van der Waals surface area contributed by atoms with Gasteiger partial charge in [0.2, 0.25) is 0 Å². The van der Waals surface area contributed by atoms with E-state index in [9.17, 15) is 0 Å². The smallest absolute Gasteiger partial charge is 0.0582 e. The van der Waals surface area contributed by atoms with Gasteiger partial charge in [0, 0.05) is 45.1 Å². The zero-order chi connectivity index (χ0) is 30.2. The van der Waals surface area contributed by atoms with Gasteiger partial charge in [0.1, 0.15) is 0 Å². The van der Waals surface area contributed by atoms with Crippen molar-refractivity contribution < 1.29 is 0 Å². The minimum Gasteiger partial charge on any atom is -0.309 e. The van der Waals surface area contributed by atoms with E-state index < -0.39 is 0 Å². The minimum absolute atomic E-state index is 0.333. The van der Waals surface area contributed by atoms with Crippen LogP contribution in [0.5, 0.6) is 0 Å². The standard InChI is InChI=1S/C44H32N2/c1-3-15-29(16-4-1)45-39-25-13-11-23-37(39)41-33(31-19-7-9-21-35(31)43(41)45)27-28-34-32-20-8-10-22-36(32)44-42(34)38-24-12-14-26-40(38)46(44)30-17-5-2-6-18-30/h1-26,33-34H,27-28H2. The van der Waals surface area contributed by atoms with Crippen molar-refractivity contribution in [2.24, 2.45) is 0 Å². The van der Waals surface area contributed by atoms with E-state index >= 15 is 0 Å². The van der Waals surface area contributed by atoms with Crippen molar-refractivity contribution in [1.29, 1.82) is 0 Å². The molecule has 0 saturated heterocycles. The van der Waals surface area contributed by atoms with Gasteiger partial charge in [-0.2, -0.15) is 0 Å². The molecule has 2 aromatic heterocycles. The molecule has 2 nitrogen and oxygen atoms in total. The summed E-state index contributed by atoms with van der Waals surface area (Å²) in [4.78, 5) is 0. The highest BCUT2D eigenvalue weighted by atomic mass is 15.0. The van der Waals surface area contributed by atoms with Crippen molar-refractivity contribution in [3.05, 3.63) is 180 Å². The quantitative estimate of drug-likeness (QED) is 0.189. The van der Waals surface area contributed by atoms with Gasteiger partial charge in [0.25, 0.3) is 0 Å². The zero-order valence-corrected chi connectivity index (χ0v) is 25.5. The van der Waals surface area contributed by atoms with Crippen LogP contribution in [0.25, 0.3) is 55.7 Å². The maximum atomic E-state index is 2.50. The Balaban J connectivity index is 1.15. The van der Waals surface area contributed by atoms with Gasteiger partial charge in [-0.05, 0) is 71.5 Å². The predicted molar refractivity (Wildman–Crippen MR) is 190 cm³/mol. The molecule has 0 N–H and O–H groups in total. The Bertz CT molecular complexity index is 2250. The number of hydrogen-bond acceptors (Lipinski definition) is 0. The fourth-order valence-corrected chi connectivity index (χ4v) is 8.73. The Morgan fingerprint density at radius 2 is 0.739 bits per heavy atom. The molecule has 2 atom stereocenters. The summed E-state index contributed by atoms with van der Waals surface area (Å²) in [7, 11) is 0. The van der Waals surface area contributed by atoms with Gasteiger partial charge >= 0.3 is 0 Å². The lowest BCUT2D eigenvalue weighted by atomic mass is 9.84. The summed E-state index contributed by atoms with van der Waals surface area (Å²) in [6.07, 6.45) is 2.16. The van der Waals surface area contributed by atoms with Crippen LogP contribution in [-0.2, 0) is 0 Å². The average molecular weight is 589 g/mol. The maximum Gasteiger partial charge on any atom is 0.0582 e. The van der Waals surface area contributed by atoms with Gasteiger partial charge in [0.05, 0.1) is 22.4 Å². The highest BCUT2D eigenvalue weighted by Crippen LogP contribution is 2.56. The number of aromatic nitrogens is 2. The molecule has 0 aliphatic heterocycles. The van der Waals surface area contributed by atoms with E-state index in [0.717, 1.165) is 12.8 Å². The normalized spacial score (nSPS) is 16.0. The Labute approximate surface area is 268 Å². The number of para-hydroxylation sites is 4. The Kier molecular flexibility index (Phi) is 5.56. The van der Waals surface area contributed by atoms with Crippen molar-refractivity contribution in [3.63, 3.8) is 0 Å². The molecule has 0 bridgehead atoms. The van der Waals surface area contributed by atoms with Crippen molar-refractivity contribution in [1.82, 2.24) is 9.13 Å². The predicted octanol–water partition coefficient (Wildman–Crippen LogP) is 11.3. The van der Waals surface area contributed by atoms with Crippen LogP contribution in [-0.4, -0.2) is 9.13 Å². The lowest BCUT2D eigenvalue weighted by Gasteiger charge is -2.19. The van der Waals surface area contributed by atoms with Crippen molar-refractivity contribution >= 4 is 21.8 Å². The van der Waals surface area contributed by atoms with Crippen LogP contribution in [0.4, 0.5) is 0 Å². The average Bonchev–Trinajstić information content (AvgIpc) is 3.83. The number of hydrogen-bond donors (Lipinski definition) is 0. The number of fused-ring (bicyclic) bond motifs is 10. The van der Waals surface area contributed by atoms with E-state index in [1.54, 1.807) is 0 Å². The summed E-state index contributed by atoms with van der Waals surface area (Å²) in [6.45, 7) is 0. The Morgan fingerprint density at radius 3 is 1.20 bits per heavy atom. The van der Waals surface area contributed by atoms with Crippen LogP contribution in [0.1, 0.15) is 46.9 Å². The molecule has 2 heterocycles. The minimum atomic E-state index is 0.333. The highest BCUT2D eigenvalue weighted by molar-refractivity contribution is 5.99. The van der Waals surface area contributed by atoms with E-state index in [4.69, 9.17) is 0 Å². The molecule has 6 aromatic carbocycles. The molecule has 2 unspecified atom stereocenters. The molecule has 218 valence electrons. The van der Waals surface area contributed by atoms with Crippen LogP contribution in [0.15, 0.2) is 158 Å². The highest BCUT2D eigenvalue weighted by Gasteiger charge is 2.38. The lowest BCUT2D eigenvalue weighted by Crippen LogP contribution is -2.03. The monoisotopic (exact) mass is 588 g/mol. The third-order valence-electron chi connectivity index (χ3n) is 10.5. The zero-order valence-electron chi connectivity index (χ0n) is 25.5. The lowest BCUT2D eigenvalue weighted by molar-refractivity contribution is 0.630. The molecule has 0 spiro atoms. The molecule has 2 aliphatic rings. The fraction of sp³-hybridized carbons (Fsp3) is 0.0909. The van der Waals surface area contributed by atoms with Crippen LogP contribution < -0.4 is 0 Å². The van der Waals surface area contributed by atoms with Gasteiger partial charge < -0.3 is 9.13 Å². The number of rotatable bonds is 5. The molecule has 8 aromatic rings. The number of nitrogens with zero attached hydrogens (tertiary/aromatic N) is 2. The third kappa shape index (κ3) is 3.53. The summed E-state index contributed by atoms with van der Waals surface area (Å²) >= 11 is 0. The maximum absolute atomic E-state index is 2.50. The first-order valence-corrected chi connectivity index (χ1v) is 16.4. The first-order chi connectivity index (χ1) is 22.9.